The van der Waals surface area contributed by atoms with Crippen LogP contribution in [-0.4, -0.2) is 31.2 Å². The molecular formula is C17H20N2O4. The molecule has 122 valence electrons. The summed E-state index contributed by atoms with van der Waals surface area (Å²) in [4.78, 5) is 23.4. The van der Waals surface area contributed by atoms with Crippen molar-refractivity contribution in [2.75, 3.05) is 20.8 Å². The molecule has 6 nitrogen and oxygen atoms in total. The molecule has 0 aliphatic rings. The quantitative estimate of drug-likeness (QED) is 0.834. The van der Waals surface area contributed by atoms with Crippen LogP contribution in [0, 0.1) is 0 Å². The second kappa shape index (κ2) is 8.03. The molecule has 0 radical (unpaired) electrons. The van der Waals surface area contributed by atoms with Gasteiger partial charge in [0.15, 0.2) is 11.5 Å². The number of carbonyl (C=O) groups excluding carboxylic acids is 1. The van der Waals surface area contributed by atoms with Crippen molar-refractivity contribution in [2.24, 2.45) is 0 Å². The molecule has 0 bridgehead atoms. The van der Waals surface area contributed by atoms with Crippen molar-refractivity contribution >= 4 is 5.91 Å². The van der Waals surface area contributed by atoms with Gasteiger partial charge in [0.25, 0.3) is 5.56 Å². The van der Waals surface area contributed by atoms with Gasteiger partial charge in [-0.15, -0.1) is 0 Å². The molecule has 2 rings (SSSR count). The van der Waals surface area contributed by atoms with Crippen molar-refractivity contribution in [3.8, 4) is 11.5 Å². The molecular weight excluding hydrogens is 296 g/mol. The number of aromatic nitrogens is 1. The summed E-state index contributed by atoms with van der Waals surface area (Å²) in [5, 5.41) is 2.80. The maximum Gasteiger partial charge on any atom is 0.250 e. The van der Waals surface area contributed by atoms with Crippen molar-refractivity contribution < 1.29 is 14.3 Å². The second-order valence-corrected chi connectivity index (χ2v) is 4.96. The zero-order valence-electron chi connectivity index (χ0n) is 13.2. The first-order valence-electron chi connectivity index (χ1n) is 7.27. The van der Waals surface area contributed by atoms with Gasteiger partial charge in [0.2, 0.25) is 5.91 Å². The maximum atomic E-state index is 11.9. The third-order valence-electron chi connectivity index (χ3n) is 3.40. The number of nitrogens with one attached hydrogen (secondary N) is 1. The third-order valence-corrected chi connectivity index (χ3v) is 3.40. The van der Waals surface area contributed by atoms with E-state index >= 15 is 0 Å². The minimum atomic E-state index is -0.196. The first kappa shape index (κ1) is 16.6. The topological polar surface area (TPSA) is 69.6 Å². The Bertz CT molecular complexity index is 725. The van der Waals surface area contributed by atoms with Crippen LogP contribution in [0.5, 0.6) is 11.5 Å². The van der Waals surface area contributed by atoms with Crippen molar-refractivity contribution in [2.45, 2.75) is 13.0 Å². The smallest absolute Gasteiger partial charge is 0.250 e. The predicted molar refractivity (Wildman–Crippen MR) is 87.0 cm³/mol. The van der Waals surface area contributed by atoms with Gasteiger partial charge >= 0.3 is 0 Å². The molecule has 1 amide bonds. The molecule has 0 saturated heterocycles. The summed E-state index contributed by atoms with van der Waals surface area (Å²) in [6, 6.07) is 10.4. The lowest BCUT2D eigenvalue weighted by molar-refractivity contribution is -0.121. The van der Waals surface area contributed by atoms with Gasteiger partial charge in [0.05, 0.1) is 14.2 Å². The monoisotopic (exact) mass is 316 g/mol. The highest BCUT2D eigenvalue weighted by molar-refractivity contribution is 5.75. The molecule has 1 aromatic heterocycles. The normalized spacial score (nSPS) is 10.2. The Kier molecular flexibility index (Phi) is 5.80. The molecule has 1 N–H and O–H groups in total. The van der Waals surface area contributed by atoms with E-state index in [1.54, 1.807) is 32.5 Å². The average molecular weight is 316 g/mol. The van der Waals surface area contributed by atoms with Crippen LogP contribution in [0.4, 0.5) is 0 Å². The zero-order chi connectivity index (χ0) is 16.7. The molecule has 1 aromatic carbocycles. The van der Waals surface area contributed by atoms with Crippen molar-refractivity contribution in [1.82, 2.24) is 9.88 Å². The number of ether oxygens (including phenoxy) is 2. The fourth-order valence-corrected chi connectivity index (χ4v) is 2.18. The highest BCUT2D eigenvalue weighted by Crippen LogP contribution is 2.27. The van der Waals surface area contributed by atoms with Gasteiger partial charge in [0.1, 0.15) is 6.54 Å². The number of pyridine rings is 1. The Morgan fingerprint density at radius 3 is 2.61 bits per heavy atom. The first-order valence-corrected chi connectivity index (χ1v) is 7.27. The van der Waals surface area contributed by atoms with Crippen LogP contribution in [0.15, 0.2) is 47.4 Å². The van der Waals surface area contributed by atoms with E-state index in [1.807, 2.05) is 18.2 Å². The van der Waals surface area contributed by atoms with Gasteiger partial charge in [0, 0.05) is 18.8 Å². The van der Waals surface area contributed by atoms with E-state index in [0.29, 0.717) is 24.5 Å². The fourth-order valence-electron chi connectivity index (χ4n) is 2.18. The van der Waals surface area contributed by atoms with Crippen molar-refractivity contribution in [1.29, 1.82) is 0 Å². The van der Waals surface area contributed by atoms with Gasteiger partial charge in [-0.25, -0.2) is 0 Å². The summed E-state index contributed by atoms with van der Waals surface area (Å²) >= 11 is 0. The van der Waals surface area contributed by atoms with Crippen LogP contribution in [-0.2, 0) is 17.8 Å². The van der Waals surface area contributed by atoms with E-state index in [0.717, 1.165) is 5.56 Å². The number of carbonyl (C=O) groups is 1. The van der Waals surface area contributed by atoms with E-state index in [2.05, 4.69) is 5.32 Å². The minimum absolute atomic E-state index is 0.0195. The van der Waals surface area contributed by atoms with Gasteiger partial charge in [-0.1, -0.05) is 12.1 Å². The molecule has 0 aliphatic carbocycles. The average Bonchev–Trinajstić information content (AvgIpc) is 2.56. The number of methoxy groups -OCH3 is 2. The lowest BCUT2D eigenvalue weighted by Gasteiger charge is -2.10. The summed E-state index contributed by atoms with van der Waals surface area (Å²) in [5.74, 6) is 1.13. The molecule has 0 fully saturated rings. The highest BCUT2D eigenvalue weighted by atomic mass is 16.5. The van der Waals surface area contributed by atoms with E-state index < -0.39 is 0 Å². The zero-order valence-corrected chi connectivity index (χ0v) is 13.2. The molecule has 1 heterocycles. The van der Waals surface area contributed by atoms with Gasteiger partial charge < -0.3 is 19.4 Å². The maximum absolute atomic E-state index is 11.9. The van der Waals surface area contributed by atoms with E-state index in [-0.39, 0.29) is 18.0 Å². The Balaban J connectivity index is 1.86. The van der Waals surface area contributed by atoms with E-state index in [9.17, 15) is 9.59 Å². The van der Waals surface area contributed by atoms with Gasteiger partial charge in [-0.3, -0.25) is 9.59 Å². The minimum Gasteiger partial charge on any atom is -0.493 e. The Morgan fingerprint density at radius 1 is 1.13 bits per heavy atom. The lowest BCUT2D eigenvalue weighted by atomic mass is 10.1. The summed E-state index contributed by atoms with van der Waals surface area (Å²) in [5.41, 5.74) is 0.836. The van der Waals surface area contributed by atoms with Gasteiger partial charge in [-0.2, -0.15) is 0 Å². The molecule has 6 heteroatoms. The molecule has 0 aliphatic heterocycles. The largest absolute Gasteiger partial charge is 0.493 e. The van der Waals surface area contributed by atoms with Crippen LogP contribution in [0.1, 0.15) is 5.56 Å². The number of amides is 1. The number of benzene rings is 1. The Labute approximate surface area is 134 Å². The molecule has 0 atom stereocenters. The van der Waals surface area contributed by atoms with Crippen LogP contribution < -0.4 is 20.3 Å². The van der Waals surface area contributed by atoms with Crippen LogP contribution in [0.25, 0.3) is 0 Å². The third kappa shape index (κ3) is 4.60. The molecule has 2 aromatic rings. The Morgan fingerprint density at radius 2 is 1.91 bits per heavy atom. The van der Waals surface area contributed by atoms with Gasteiger partial charge in [-0.05, 0) is 30.2 Å². The number of hydrogen-bond acceptors (Lipinski definition) is 4. The van der Waals surface area contributed by atoms with Crippen LogP contribution in [0.3, 0.4) is 0 Å². The highest BCUT2D eigenvalue weighted by Gasteiger charge is 2.06. The molecule has 0 unspecified atom stereocenters. The van der Waals surface area contributed by atoms with Crippen molar-refractivity contribution in [3.63, 3.8) is 0 Å². The number of rotatable bonds is 7. The summed E-state index contributed by atoms with van der Waals surface area (Å²) in [6.07, 6.45) is 2.26. The molecule has 0 spiro atoms. The summed E-state index contributed by atoms with van der Waals surface area (Å²) in [7, 11) is 3.17. The lowest BCUT2D eigenvalue weighted by Crippen LogP contribution is -2.32. The molecule has 23 heavy (non-hydrogen) atoms. The SMILES string of the molecule is COc1ccc(CCNC(=O)Cn2ccccc2=O)cc1OC. The fraction of sp³-hybridized carbons (Fsp3) is 0.294. The number of hydrogen-bond donors (Lipinski definition) is 1. The second-order valence-electron chi connectivity index (χ2n) is 4.96. The number of nitrogens with zero attached hydrogens (tertiary/aromatic N) is 1. The molecule has 0 saturated carbocycles. The predicted octanol–water partition coefficient (Wildman–Crippen LogP) is 1.22. The van der Waals surface area contributed by atoms with E-state index in [4.69, 9.17) is 9.47 Å². The van der Waals surface area contributed by atoms with Crippen LogP contribution >= 0.6 is 0 Å². The first-order chi connectivity index (χ1) is 11.1. The summed E-state index contributed by atoms with van der Waals surface area (Å²) in [6.45, 7) is 0.501. The summed E-state index contributed by atoms with van der Waals surface area (Å²) < 4.78 is 11.8. The van der Waals surface area contributed by atoms with E-state index in [1.165, 1.54) is 10.6 Å². The van der Waals surface area contributed by atoms with Crippen molar-refractivity contribution in [3.05, 3.63) is 58.5 Å². The van der Waals surface area contributed by atoms with Crippen LogP contribution in [0.2, 0.25) is 0 Å². The standard InChI is InChI=1S/C17H20N2O4/c1-22-14-7-6-13(11-15(14)23-2)8-9-18-16(20)12-19-10-4-3-5-17(19)21/h3-7,10-11H,8-9,12H2,1-2H3,(H,18,20). The Hall–Kier alpha value is -2.76.